The maximum absolute atomic E-state index is 11.3. The molecule has 0 radical (unpaired) electrons. The number of nitrogens with zero attached hydrogens (tertiary/aromatic N) is 4. The zero-order chi connectivity index (χ0) is 13.9. The summed E-state index contributed by atoms with van der Waals surface area (Å²) in [7, 11) is 0. The summed E-state index contributed by atoms with van der Waals surface area (Å²) in [5.74, 6) is -0.880. The Balaban J connectivity index is 2.25. The number of hydrogen-bond acceptors (Lipinski definition) is 4. The number of carboxylic acid groups (broad SMARTS) is 1. The van der Waals surface area contributed by atoms with Crippen LogP contribution in [-0.4, -0.2) is 30.8 Å². The number of aromatic carboxylic acids is 1. The number of hydrogen-bond donors (Lipinski definition) is 1. The van der Waals surface area contributed by atoms with Crippen molar-refractivity contribution in [2.75, 3.05) is 0 Å². The molecular weight excluding hydrogens is 256 g/mol. The fourth-order valence-corrected chi connectivity index (χ4v) is 1.91. The minimum Gasteiger partial charge on any atom is -0.475 e. The van der Waals surface area contributed by atoms with Crippen LogP contribution in [0.3, 0.4) is 0 Å². The third-order valence-electron chi connectivity index (χ3n) is 2.76. The van der Waals surface area contributed by atoms with Crippen molar-refractivity contribution in [2.24, 2.45) is 0 Å². The SMILES string of the molecule is O=C(O)c1nnc(-c2ccccn2)n1-c1ccccc1. The molecule has 2 heterocycles. The first-order valence-corrected chi connectivity index (χ1v) is 5.93. The van der Waals surface area contributed by atoms with Gasteiger partial charge in [0.05, 0.1) is 0 Å². The molecule has 0 fully saturated rings. The lowest BCUT2D eigenvalue weighted by molar-refractivity contribution is 0.0681. The van der Waals surface area contributed by atoms with Gasteiger partial charge in [-0.25, -0.2) is 4.79 Å². The zero-order valence-electron chi connectivity index (χ0n) is 10.3. The molecule has 6 heteroatoms. The van der Waals surface area contributed by atoms with Gasteiger partial charge < -0.3 is 5.11 Å². The number of rotatable bonds is 3. The molecule has 98 valence electrons. The lowest BCUT2D eigenvalue weighted by atomic mass is 10.3. The minimum atomic E-state index is -1.14. The molecule has 1 aromatic carbocycles. The van der Waals surface area contributed by atoms with Gasteiger partial charge in [-0.05, 0) is 24.3 Å². The van der Waals surface area contributed by atoms with E-state index in [0.717, 1.165) is 0 Å². The molecule has 0 aliphatic heterocycles. The number of benzene rings is 1. The predicted octanol–water partition coefficient (Wildman–Crippen LogP) is 2.03. The van der Waals surface area contributed by atoms with Crippen LogP contribution < -0.4 is 0 Å². The van der Waals surface area contributed by atoms with E-state index in [9.17, 15) is 9.90 Å². The summed E-state index contributed by atoms with van der Waals surface area (Å²) in [5, 5.41) is 16.9. The van der Waals surface area contributed by atoms with Crippen LogP contribution in [-0.2, 0) is 0 Å². The van der Waals surface area contributed by atoms with Crippen molar-refractivity contribution < 1.29 is 9.90 Å². The highest BCUT2D eigenvalue weighted by Gasteiger charge is 2.20. The van der Waals surface area contributed by atoms with Crippen LogP contribution in [0, 0.1) is 0 Å². The van der Waals surface area contributed by atoms with E-state index >= 15 is 0 Å². The molecule has 0 amide bonds. The van der Waals surface area contributed by atoms with E-state index in [0.29, 0.717) is 17.2 Å². The summed E-state index contributed by atoms with van der Waals surface area (Å²) in [6.07, 6.45) is 1.62. The molecule has 20 heavy (non-hydrogen) atoms. The predicted molar refractivity (Wildman–Crippen MR) is 71.5 cm³/mol. The highest BCUT2D eigenvalue weighted by Crippen LogP contribution is 2.20. The van der Waals surface area contributed by atoms with E-state index in [1.807, 2.05) is 24.3 Å². The molecule has 0 aliphatic rings. The Bertz CT molecular complexity index is 738. The van der Waals surface area contributed by atoms with Crippen LogP contribution in [0.1, 0.15) is 10.6 Å². The molecule has 0 saturated heterocycles. The lowest BCUT2D eigenvalue weighted by Crippen LogP contribution is -2.09. The van der Waals surface area contributed by atoms with E-state index < -0.39 is 5.97 Å². The summed E-state index contributed by atoms with van der Waals surface area (Å²) in [5.41, 5.74) is 1.24. The second kappa shape index (κ2) is 4.93. The molecule has 3 aromatic rings. The van der Waals surface area contributed by atoms with Gasteiger partial charge in [-0.1, -0.05) is 24.3 Å². The maximum atomic E-state index is 11.3. The Labute approximate surface area is 114 Å². The van der Waals surface area contributed by atoms with Crippen molar-refractivity contribution in [1.82, 2.24) is 19.7 Å². The van der Waals surface area contributed by atoms with Crippen LogP contribution in [0.4, 0.5) is 0 Å². The van der Waals surface area contributed by atoms with Crippen LogP contribution >= 0.6 is 0 Å². The first kappa shape index (κ1) is 12.0. The van der Waals surface area contributed by atoms with Crippen molar-refractivity contribution in [2.45, 2.75) is 0 Å². The Morgan fingerprint density at radius 3 is 2.40 bits per heavy atom. The van der Waals surface area contributed by atoms with Gasteiger partial charge in [0.1, 0.15) is 5.69 Å². The van der Waals surface area contributed by atoms with Crippen molar-refractivity contribution in [3.8, 4) is 17.2 Å². The first-order valence-electron chi connectivity index (χ1n) is 5.93. The van der Waals surface area contributed by atoms with E-state index in [-0.39, 0.29) is 5.82 Å². The third kappa shape index (κ3) is 2.03. The Kier molecular flexibility index (Phi) is 2.96. The van der Waals surface area contributed by atoms with Crippen molar-refractivity contribution in [1.29, 1.82) is 0 Å². The molecule has 3 rings (SSSR count). The smallest absolute Gasteiger partial charge is 0.374 e. The topological polar surface area (TPSA) is 80.9 Å². The monoisotopic (exact) mass is 266 g/mol. The number of aromatic nitrogens is 4. The van der Waals surface area contributed by atoms with Crippen LogP contribution in [0.5, 0.6) is 0 Å². The number of carboxylic acids is 1. The molecule has 0 atom stereocenters. The lowest BCUT2D eigenvalue weighted by Gasteiger charge is -2.07. The van der Waals surface area contributed by atoms with Crippen molar-refractivity contribution in [3.05, 3.63) is 60.6 Å². The Hall–Kier alpha value is -3.02. The van der Waals surface area contributed by atoms with Crippen molar-refractivity contribution >= 4 is 5.97 Å². The van der Waals surface area contributed by atoms with Gasteiger partial charge >= 0.3 is 5.97 Å². The number of para-hydroxylation sites is 1. The van der Waals surface area contributed by atoms with E-state index in [4.69, 9.17) is 0 Å². The molecule has 0 unspecified atom stereocenters. The van der Waals surface area contributed by atoms with Crippen LogP contribution in [0.15, 0.2) is 54.7 Å². The quantitative estimate of drug-likeness (QED) is 0.784. The fraction of sp³-hybridized carbons (Fsp3) is 0. The molecular formula is C14H10N4O2. The molecule has 0 spiro atoms. The van der Waals surface area contributed by atoms with Gasteiger partial charge in [0.2, 0.25) is 5.82 Å². The zero-order valence-corrected chi connectivity index (χ0v) is 10.3. The molecule has 6 nitrogen and oxygen atoms in total. The van der Waals surface area contributed by atoms with Gasteiger partial charge in [-0.3, -0.25) is 9.55 Å². The van der Waals surface area contributed by atoms with Gasteiger partial charge in [-0.15, -0.1) is 10.2 Å². The van der Waals surface area contributed by atoms with Crippen LogP contribution in [0.25, 0.3) is 17.2 Å². The maximum Gasteiger partial charge on any atom is 0.374 e. The number of carbonyl (C=O) groups is 1. The van der Waals surface area contributed by atoms with Crippen molar-refractivity contribution in [3.63, 3.8) is 0 Å². The summed E-state index contributed by atoms with van der Waals surface area (Å²) >= 11 is 0. The van der Waals surface area contributed by atoms with E-state index in [1.54, 1.807) is 30.5 Å². The summed E-state index contributed by atoms with van der Waals surface area (Å²) in [4.78, 5) is 15.5. The molecule has 2 aromatic heterocycles. The minimum absolute atomic E-state index is 0.142. The normalized spacial score (nSPS) is 10.4. The third-order valence-corrected chi connectivity index (χ3v) is 2.76. The van der Waals surface area contributed by atoms with Crippen LogP contribution in [0.2, 0.25) is 0 Å². The Morgan fingerprint density at radius 1 is 1.00 bits per heavy atom. The summed E-state index contributed by atoms with van der Waals surface area (Å²) < 4.78 is 1.48. The molecule has 0 aliphatic carbocycles. The average Bonchev–Trinajstić information content (AvgIpc) is 2.94. The van der Waals surface area contributed by atoms with Gasteiger partial charge in [-0.2, -0.15) is 0 Å². The largest absolute Gasteiger partial charge is 0.475 e. The highest BCUT2D eigenvalue weighted by molar-refractivity contribution is 5.85. The number of pyridine rings is 1. The van der Waals surface area contributed by atoms with E-state index in [1.165, 1.54) is 4.57 Å². The highest BCUT2D eigenvalue weighted by atomic mass is 16.4. The fourth-order valence-electron chi connectivity index (χ4n) is 1.91. The average molecular weight is 266 g/mol. The molecule has 1 N–H and O–H groups in total. The van der Waals surface area contributed by atoms with E-state index in [2.05, 4.69) is 15.2 Å². The standard InChI is InChI=1S/C14H10N4O2/c19-14(20)13-17-16-12(11-8-4-5-9-15-11)18(13)10-6-2-1-3-7-10/h1-9H,(H,19,20). The van der Waals surface area contributed by atoms with Gasteiger partial charge in [0.25, 0.3) is 0 Å². The van der Waals surface area contributed by atoms with Gasteiger partial charge in [0.15, 0.2) is 5.82 Å². The second-order valence-electron chi connectivity index (χ2n) is 4.04. The molecule has 0 bridgehead atoms. The summed E-state index contributed by atoms with van der Waals surface area (Å²) in [6.45, 7) is 0. The summed E-state index contributed by atoms with van der Waals surface area (Å²) in [6, 6.07) is 14.4. The second-order valence-corrected chi connectivity index (χ2v) is 4.04. The molecule has 0 saturated carbocycles. The van der Waals surface area contributed by atoms with Gasteiger partial charge in [0, 0.05) is 11.9 Å². The Morgan fingerprint density at radius 2 is 1.75 bits per heavy atom. The first-order chi connectivity index (χ1) is 9.77.